The second kappa shape index (κ2) is 7.79. The van der Waals surface area contributed by atoms with Gasteiger partial charge in [-0.3, -0.25) is 4.79 Å². The number of nitrogens with one attached hydrogen (secondary N) is 1. The van der Waals surface area contributed by atoms with E-state index in [1.54, 1.807) is 0 Å². The highest BCUT2D eigenvalue weighted by Crippen LogP contribution is 2.27. The number of rotatable bonds is 4. The van der Waals surface area contributed by atoms with Crippen molar-refractivity contribution in [3.05, 3.63) is 53.9 Å². The summed E-state index contributed by atoms with van der Waals surface area (Å²) >= 11 is 0. The van der Waals surface area contributed by atoms with Crippen molar-refractivity contribution in [1.82, 2.24) is 4.98 Å². The van der Waals surface area contributed by atoms with E-state index in [4.69, 9.17) is 10.2 Å². The lowest BCUT2D eigenvalue weighted by molar-refractivity contribution is -0.116. The Labute approximate surface area is 159 Å². The first-order valence-electron chi connectivity index (χ1n) is 8.37. The Hall–Kier alpha value is -2.53. The van der Waals surface area contributed by atoms with Crippen molar-refractivity contribution in [2.45, 2.75) is 39.0 Å². The number of hydrogen-bond acceptors (Lipinski definition) is 4. The van der Waals surface area contributed by atoms with Crippen LogP contribution in [0, 0.1) is 0 Å². The quantitative estimate of drug-likeness (QED) is 0.649. The molecule has 1 amide bonds. The van der Waals surface area contributed by atoms with Gasteiger partial charge in [0, 0.05) is 23.2 Å². The molecule has 0 atom stereocenters. The summed E-state index contributed by atoms with van der Waals surface area (Å²) < 4.78 is 5.77. The van der Waals surface area contributed by atoms with E-state index in [9.17, 15) is 4.79 Å². The van der Waals surface area contributed by atoms with Gasteiger partial charge in [-0.15, -0.1) is 12.4 Å². The molecule has 0 fully saturated rings. The zero-order valence-corrected chi connectivity index (χ0v) is 16.0. The number of aromatic nitrogens is 1. The van der Waals surface area contributed by atoms with Crippen LogP contribution in [-0.2, 0) is 16.6 Å². The molecule has 0 saturated heterocycles. The van der Waals surface area contributed by atoms with Gasteiger partial charge in [-0.25, -0.2) is 4.98 Å². The molecule has 0 aliphatic rings. The molecule has 3 rings (SSSR count). The Kier molecular flexibility index (Phi) is 5.93. The van der Waals surface area contributed by atoms with Gasteiger partial charge in [0.15, 0.2) is 5.58 Å². The number of oxazole rings is 1. The first kappa shape index (κ1) is 19.8. The zero-order valence-electron chi connectivity index (χ0n) is 15.2. The maximum Gasteiger partial charge on any atom is 0.224 e. The van der Waals surface area contributed by atoms with E-state index >= 15 is 0 Å². The minimum Gasteiger partial charge on any atom is -0.440 e. The number of anilines is 2. The number of carbonyl (C=O) groups excluding carboxylic acids is 1. The highest BCUT2D eigenvalue weighted by molar-refractivity contribution is 5.93. The minimum absolute atomic E-state index is 0. The van der Waals surface area contributed by atoms with E-state index in [2.05, 4.69) is 31.1 Å². The average Bonchev–Trinajstić information content (AvgIpc) is 2.98. The third-order valence-corrected chi connectivity index (χ3v) is 3.99. The number of benzene rings is 2. The molecule has 0 unspecified atom stereocenters. The van der Waals surface area contributed by atoms with Crippen LogP contribution >= 0.6 is 12.4 Å². The number of carbonyl (C=O) groups is 1. The lowest BCUT2D eigenvalue weighted by Crippen LogP contribution is -2.12. The van der Waals surface area contributed by atoms with Crippen molar-refractivity contribution in [1.29, 1.82) is 0 Å². The Bertz CT molecular complexity index is 913. The molecule has 0 bridgehead atoms. The van der Waals surface area contributed by atoms with Crippen molar-refractivity contribution < 1.29 is 9.21 Å². The van der Waals surface area contributed by atoms with Gasteiger partial charge in [-0.05, 0) is 36.2 Å². The Morgan fingerprint density at radius 3 is 2.62 bits per heavy atom. The van der Waals surface area contributed by atoms with Gasteiger partial charge in [0.1, 0.15) is 5.52 Å². The highest BCUT2D eigenvalue weighted by Gasteiger charge is 2.21. The van der Waals surface area contributed by atoms with E-state index < -0.39 is 0 Å². The maximum absolute atomic E-state index is 12.2. The molecule has 0 aliphatic carbocycles. The number of nitrogens with two attached hydrogens (primary N) is 1. The van der Waals surface area contributed by atoms with E-state index in [0.29, 0.717) is 30.1 Å². The monoisotopic (exact) mass is 373 g/mol. The summed E-state index contributed by atoms with van der Waals surface area (Å²) in [6, 6.07) is 13.1. The molecule has 138 valence electrons. The van der Waals surface area contributed by atoms with Gasteiger partial charge >= 0.3 is 0 Å². The van der Waals surface area contributed by atoms with Crippen LogP contribution in [-0.4, -0.2) is 10.9 Å². The number of hydrogen-bond donors (Lipinski definition) is 2. The maximum atomic E-state index is 12.2. The van der Waals surface area contributed by atoms with Crippen LogP contribution in [0.2, 0.25) is 0 Å². The van der Waals surface area contributed by atoms with Crippen LogP contribution in [0.15, 0.2) is 46.9 Å². The van der Waals surface area contributed by atoms with Crippen LogP contribution < -0.4 is 11.1 Å². The summed E-state index contributed by atoms with van der Waals surface area (Å²) in [6.45, 7) is 6.15. The minimum atomic E-state index is -0.155. The third kappa shape index (κ3) is 4.55. The normalized spacial score (nSPS) is 11.2. The summed E-state index contributed by atoms with van der Waals surface area (Å²) in [6.07, 6.45) is 0.983. The zero-order chi connectivity index (χ0) is 18.0. The summed E-state index contributed by atoms with van der Waals surface area (Å²) in [5.74, 6) is 0.632. The van der Waals surface area contributed by atoms with Crippen LogP contribution in [0.4, 0.5) is 11.4 Å². The van der Waals surface area contributed by atoms with Crippen molar-refractivity contribution in [3.63, 3.8) is 0 Å². The fourth-order valence-electron chi connectivity index (χ4n) is 2.56. The second-order valence-electron chi connectivity index (χ2n) is 7.20. The van der Waals surface area contributed by atoms with Crippen LogP contribution in [0.5, 0.6) is 0 Å². The molecular weight excluding hydrogens is 350 g/mol. The largest absolute Gasteiger partial charge is 0.440 e. The van der Waals surface area contributed by atoms with Gasteiger partial charge in [-0.2, -0.15) is 0 Å². The smallest absolute Gasteiger partial charge is 0.224 e. The molecule has 3 aromatic rings. The molecule has 1 heterocycles. The molecule has 26 heavy (non-hydrogen) atoms. The summed E-state index contributed by atoms with van der Waals surface area (Å²) in [5, 5.41) is 2.91. The standard InChI is InChI=1S/C20H23N3O2.ClH/c1-20(2,3)19-23-16-12-14(9-10-17(16)25-19)22-18(24)11-8-13-6-4-5-7-15(13)21;/h4-7,9-10,12H,8,11,21H2,1-3H3,(H,22,24);1H. The molecule has 3 N–H and O–H groups in total. The molecule has 2 aromatic carbocycles. The topological polar surface area (TPSA) is 81.2 Å². The molecule has 0 aliphatic heterocycles. The Morgan fingerprint density at radius 1 is 1.19 bits per heavy atom. The number of amides is 1. The lowest BCUT2D eigenvalue weighted by atomic mass is 9.97. The number of nitrogens with zero attached hydrogens (tertiary/aromatic N) is 1. The fraction of sp³-hybridized carbons (Fsp3) is 0.300. The van der Waals surface area contributed by atoms with Gasteiger partial charge in [0.05, 0.1) is 0 Å². The van der Waals surface area contributed by atoms with E-state index in [0.717, 1.165) is 16.7 Å². The number of fused-ring (bicyclic) bond motifs is 1. The first-order chi connectivity index (χ1) is 11.8. The van der Waals surface area contributed by atoms with Crippen LogP contribution in [0.25, 0.3) is 11.1 Å². The molecule has 6 heteroatoms. The summed E-state index contributed by atoms with van der Waals surface area (Å²) in [4.78, 5) is 16.7. The predicted octanol–water partition coefficient (Wildman–Crippen LogP) is 4.70. The van der Waals surface area contributed by atoms with Crippen molar-refractivity contribution in [3.8, 4) is 0 Å². The van der Waals surface area contributed by atoms with Crippen molar-refractivity contribution in [2.75, 3.05) is 11.1 Å². The molecule has 0 saturated carbocycles. The van der Waals surface area contributed by atoms with Gasteiger partial charge < -0.3 is 15.5 Å². The summed E-state index contributed by atoms with van der Waals surface area (Å²) in [5.41, 5.74) is 9.64. The Morgan fingerprint density at radius 2 is 1.92 bits per heavy atom. The molecule has 1 aromatic heterocycles. The van der Waals surface area contributed by atoms with E-state index in [-0.39, 0.29) is 23.7 Å². The van der Waals surface area contributed by atoms with Crippen molar-refractivity contribution >= 4 is 40.8 Å². The number of halogens is 1. The lowest BCUT2D eigenvalue weighted by Gasteiger charge is -2.11. The second-order valence-corrected chi connectivity index (χ2v) is 7.20. The SMILES string of the molecule is CC(C)(C)c1nc2cc(NC(=O)CCc3ccccc3N)ccc2o1.Cl. The first-order valence-corrected chi connectivity index (χ1v) is 8.37. The number of para-hydroxylation sites is 1. The van der Waals surface area contributed by atoms with Gasteiger partial charge in [0.2, 0.25) is 11.8 Å². The third-order valence-electron chi connectivity index (χ3n) is 3.99. The molecule has 5 nitrogen and oxygen atoms in total. The van der Waals surface area contributed by atoms with Crippen LogP contribution in [0.1, 0.15) is 38.6 Å². The predicted molar refractivity (Wildman–Crippen MR) is 108 cm³/mol. The van der Waals surface area contributed by atoms with Gasteiger partial charge in [0.25, 0.3) is 0 Å². The molecule has 0 spiro atoms. The Balaban J connectivity index is 0.00000243. The highest BCUT2D eigenvalue weighted by atomic mass is 35.5. The fourth-order valence-corrected chi connectivity index (χ4v) is 2.56. The van der Waals surface area contributed by atoms with Gasteiger partial charge in [-0.1, -0.05) is 39.0 Å². The average molecular weight is 374 g/mol. The van der Waals surface area contributed by atoms with E-state index in [1.807, 2.05) is 42.5 Å². The number of nitrogen functional groups attached to an aromatic ring is 1. The number of aryl methyl sites for hydroxylation is 1. The summed E-state index contributed by atoms with van der Waals surface area (Å²) in [7, 11) is 0. The molecule has 0 radical (unpaired) electrons. The van der Waals surface area contributed by atoms with E-state index in [1.165, 1.54) is 0 Å². The molecular formula is C20H24ClN3O2. The van der Waals surface area contributed by atoms with Crippen LogP contribution in [0.3, 0.4) is 0 Å². The van der Waals surface area contributed by atoms with Crippen molar-refractivity contribution in [2.24, 2.45) is 0 Å².